The molecule has 0 aromatic heterocycles. The Kier molecular flexibility index (Phi) is 5.30. The lowest BCUT2D eigenvalue weighted by atomic mass is 9.61. The summed E-state index contributed by atoms with van der Waals surface area (Å²) in [6.45, 7) is 1.70. The van der Waals surface area contributed by atoms with Crippen molar-refractivity contribution in [1.29, 1.82) is 0 Å². The van der Waals surface area contributed by atoms with E-state index < -0.39 is 0 Å². The van der Waals surface area contributed by atoms with Gasteiger partial charge in [0.2, 0.25) is 5.91 Å². The Hall–Kier alpha value is -2.66. The van der Waals surface area contributed by atoms with Crippen molar-refractivity contribution in [3.05, 3.63) is 77.4 Å². The molecule has 1 saturated carbocycles. The molecule has 2 heterocycles. The highest BCUT2D eigenvalue weighted by Gasteiger charge is 2.49. The molecule has 5 rings (SSSR count). The third kappa shape index (κ3) is 3.87. The molecule has 1 N–H and O–H groups in total. The average Bonchev–Trinajstić information content (AvgIpc) is 3.09. The first kappa shape index (κ1) is 20.3. The minimum absolute atomic E-state index is 0.0943. The summed E-state index contributed by atoms with van der Waals surface area (Å²) in [5.41, 5.74) is 3.83. The van der Waals surface area contributed by atoms with E-state index in [1.165, 1.54) is 23.9 Å². The van der Waals surface area contributed by atoms with Crippen molar-refractivity contribution >= 4 is 12.0 Å². The maximum atomic E-state index is 13.0. The summed E-state index contributed by atoms with van der Waals surface area (Å²) in [4.78, 5) is 17.2. The van der Waals surface area contributed by atoms with Crippen LogP contribution in [0.3, 0.4) is 0 Å². The highest BCUT2D eigenvalue weighted by molar-refractivity contribution is 5.91. The number of rotatable bonds is 4. The third-order valence-electron chi connectivity index (χ3n) is 7.48. The topological polar surface area (TPSA) is 35.6 Å². The summed E-state index contributed by atoms with van der Waals surface area (Å²) < 4.78 is 13.0. The number of carbonyl (C=O) groups is 1. The molecule has 162 valence electrons. The van der Waals surface area contributed by atoms with Crippen molar-refractivity contribution in [1.82, 2.24) is 15.1 Å². The minimum atomic E-state index is -0.272. The Balaban J connectivity index is 1.22. The van der Waals surface area contributed by atoms with Crippen molar-refractivity contribution in [3.8, 4) is 0 Å². The van der Waals surface area contributed by atoms with Crippen LogP contribution in [0.5, 0.6) is 0 Å². The minimum Gasteiger partial charge on any atom is -0.354 e. The van der Waals surface area contributed by atoms with E-state index in [0.717, 1.165) is 24.9 Å². The number of halogens is 1. The molecule has 1 aromatic rings. The molecule has 5 heteroatoms. The number of amides is 1. The molecule has 2 fully saturated rings. The van der Waals surface area contributed by atoms with Crippen LogP contribution in [0.4, 0.5) is 4.39 Å². The molecule has 0 radical (unpaired) electrons. The fourth-order valence-electron chi connectivity index (χ4n) is 6.09. The Morgan fingerprint density at radius 3 is 2.87 bits per heavy atom. The van der Waals surface area contributed by atoms with E-state index in [0.29, 0.717) is 36.3 Å². The number of benzene rings is 1. The van der Waals surface area contributed by atoms with Gasteiger partial charge in [0.15, 0.2) is 0 Å². The predicted molar refractivity (Wildman–Crippen MR) is 121 cm³/mol. The van der Waals surface area contributed by atoms with Gasteiger partial charge in [-0.2, -0.15) is 0 Å². The molecular formula is C26H30FN3O. The van der Waals surface area contributed by atoms with Gasteiger partial charge >= 0.3 is 0 Å². The van der Waals surface area contributed by atoms with E-state index in [9.17, 15) is 9.18 Å². The van der Waals surface area contributed by atoms with Crippen molar-refractivity contribution < 1.29 is 9.18 Å². The number of piperidine rings is 1. The van der Waals surface area contributed by atoms with Gasteiger partial charge in [-0.25, -0.2) is 4.39 Å². The lowest BCUT2D eigenvalue weighted by molar-refractivity contribution is -0.116. The number of nitrogens with zero attached hydrogens (tertiary/aromatic N) is 2. The van der Waals surface area contributed by atoms with E-state index in [2.05, 4.69) is 53.6 Å². The number of fused-ring (bicyclic) bond motifs is 2. The fourth-order valence-corrected chi connectivity index (χ4v) is 6.09. The van der Waals surface area contributed by atoms with Gasteiger partial charge in [-0.1, -0.05) is 24.3 Å². The zero-order chi connectivity index (χ0) is 21.5. The van der Waals surface area contributed by atoms with Gasteiger partial charge in [-0.15, -0.1) is 0 Å². The highest BCUT2D eigenvalue weighted by atomic mass is 19.1. The van der Waals surface area contributed by atoms with Gasteiger partial charge < -0.3 is 15.1 Å². The van der Waals surface area contributed by atoms with Crippen molar-refractivity contribution in [2.75, 3.05) is 27.2 Å². The molecule has 4 aliphatic rings. The molecule has 5 atom stereocenters. The molecule has 0 spiro atoms. The standard InChI is InChI=1S/C26H30FN3O/c1-29-15-18(14-28-25(31)11-8-17-6-9-20(27)10-7-17)12-22-21-4-3-5-23-26(21)19(13-24(22)29)16-30(23)2/h3-11,16,18,21-22,24,26H,12-15H2,1-2H3,(H,28,31)/b11-8+/t18-,21?,22+,24+,26?/m0/s1. The second-order valence-corrected chi connectivity index (χ2v) is 9.45. The average molecular weight is 420 g/mol. The van der Waals surface area contributed by atoms with Crippen LogP contribution in [0.1, 0.15) is 18.4 Å². The molecule has 1 amide bonds. The molecule has 2 aliphatic carbocycles. The lowest BCUT2D eigenvalue weighted by Crippen LogP contribution is -2.54. The van der Waals surface area contributed by atoms with Crippen LogP contribution in [0, 0.1) is 29.5 Å². The molecule has 1 aromatic carbocycles. The Bertz CT molecular complexity index is 977. The molecule has 2 unspecified atom stereocenters. The Morgan fingerprint density at radius 2 is 2.06 bits per heavy atom. The van der Waals surface area contributed by atoms with Crippen LogP contribution in [-0.2, 0) is 4.79 Å². The number of nitrogens with one attached hydrogen (secondary N) is 1. The van der Waals surface area contributed by atoms with Gasteiger partial charge in [0, 0.05) is 50.1 Å². The monoisotopic (exact) mass is 419 g/mol. The summed E-state index contributed by atoms with van der Waals surface area (Å²) in [5.74, 6) is 1.78. The second-order valence-electron chi connectivity index (χ2n) is 9.45. The molecule has 2 aliphatic heterocycles. The number of allylic oxidation sites excluding steroid dienone is 4. The van der Waals surface area contributed by atoms with Gasteiger partial charge in [0.05, 0.1) is 0 Å². The lowest BCUT2D eigenvalue weighted by Gasteiger charge is -2.51. The number of hydrogen-bond acceptors (Lipinski definition) is 3. The maximum absolute atomic E-state index is 13.0. The zero-order valence-corrected chi connectivity index (χ0v) is 18.2. The normalized spacial score (nSPS) is 31.8. The van der Waals surface area contributed by atoms with E-state index in [1.807, 2.05) is 0 Å². The van der Waals surface area contributed by atoms with E-state index in [1.54, 1.807) is 23.8 Å². The van der Waals surface area contributed by atoms with E-state index in [-0.39, 0.29) is 11.7 Å². The molecule has 1 saturated heterocycles. The van der Waals surface area contributed by atoms with E-state index in [4.69, 9.17) is 0 Å². The number of hydrogen-bond donors (Lipinski definition) is 1. The first-order valence-corrected chi connectivity index (χ1v) is 11.2. The van der Waals surface area contributed by atoms with Crippen LogP contribution in [0.2, 0.25) is 0 Å². The zero-order valence-electron chi connectivity index (χ0n) is 18.2. The van der Waals surface area contributed by atoms with Crippen LogP contribution in [0.25, 0.3) is 6.08 Å². The van der Waals surface area contributed by atoms with Gasteiger partial charge in [0.25, 0.3) is 0 Å². The van der Waals surface area contributed by atoms with Gasteiger partial charge in [-0.05, 0) is 73.1 Å². The first-order chi connectivity index (χ1) is 15.0. The molecule has 4 nitrogen and oxygen atoms in total. The quantitative estimate of drug-likeness (QED) is 0.754. The highest BCUT2D eigenvalue weighted by Crippen LogP contribution is 2.52. The van der Waals surface area contributed by atoms with Gasteiger partial charge in [-0.3, -0.25) is 4.79 Å². The van der Waals surface area contributed by atoms with Crippen LogP contribution >= 0.6 is 0 Å². The van der Waals surface area contributed by atoms with Gasteiger partial charge in [0.1, 0.15) is 5.82 Å². The number of likely N-dealkylation sites (tertiary alicyclic amines) is 1. The Morgan fingerprint density at radius 1 is 1.26 bits per heavy atom. The summed E-state index contributed by atoms with van der Waals surface area (Å²) in [5, 5.41) is 3.08. The summed E-state index contributed by atoms with van der Waals surface area (Å²) >= 11 is 0. The summed E-state index contributed by atoms with van der Waals surface area (Å²) in [7, 11) is 4.40. The molecular weight excluding hydrogens is 389 g/mol. The molecule has 31 heavy (non-hydrogen) atoms. The third-order valence-corrected chi connectivity index (χ3v) is 7.48. The largest absolute Gasteiger partial charge is 0.354 e. The fraction of sp³-hybridized carbons (Fsp3) is 0.423. The van der Waals surface area contributed by atoms with E-state index >= 15 is 0 Å². The smallest absolute Gasteiger partial charge is 0.244 e. The predicted octanol–water partition coefficient (Wildman–Crippen LogP) is 3.81. The van der Waals surface area contributed by atoms with Crippen molar-refractivity contribution in [2.45, 2.75) is 18.9 Å². The first-order valence-electron chi connectivity index (χ1n) is 11.2. The van der Waals surface area contributed by atoms with Crippen LogP contribution < -0.4 is 5.32 Å². The second kappa shape index (κ2) is 8.12. The molecule has 0 bridgehead atoms. The van der Waals surface area contributed by atoms with Crippen molar-refractivity contribution in [2.24, 2.45) is 23.7 Å². The van der Waals surface area contributed by atoms with Crippen molar-refractivity contribution in [3.63, 3.8) is 0 Å². The summed E-state index contributed by atoms with van der Waals surface area (Å²) in [6.07, 6.45) is 14.8. The maximum Gasteiger partial charge on any atom is 0.244 e. The SMILES string of the molecule is CN1C=C2C[C@@H]3[C@H](C[C@@H](CNC(=O)/C=C/c4ccc(F)cc4)CN3C)C3C=CC=C1C23. The number of carbonyl (C=O) groups excluding carboxylic acids is 1. The van der Waals surface area contributed by atoms with Crippen LogP contribution in [-0.4, -0.2) is 48.9 Å². The van der Waals surface area contributed by atoms with Crippen LogP contribution in [0.15, 0.2) is 66.0 Å². The summed E-state index contributed by atoms with van der Waals surface area (Å²) in [6, 6.07) is 6.72. The Labute approximate surface area is 183 Å².